The van der Waals surface area contributed by atoms with Gasteiger partial charge in [-0.05, 0) is 18.6 Å². The molecule has 0 bridgehead atoms. The van der Waals surface area contributed by atoms with E-state index in [1.54, 1.807) is 6.07 Å². The number of carbonyl (C=O) groups is 1. The quantitative estimate of drug-likeness (QED) is 0.194. The summed E-state index contributed by atoms with van der Waals surface area (Å²) >= 11 is 0. The third kappa shape index (κ3) is 11.0. The van der Waals surface area contributed by atoms with Crippen LogP contribution in [0.25, 0.3) is 0 Å². The molecule has 0 aliphatic rings. The molecule has 0 saturated carbocycles. The van der Waals surface area contributed by atoms with Crippen molar-refractivity contribution in [1.29, 1.82) is 0 Å². The number of ether oxygens (including phenoxy) is 1. The zero-order valence-corrected chi connectivity index (χ0v) is 15.2. The summed E-state index contributed by atoms with van der Waals surface area (Å²) in [6.45, 7) is 2.20. The van der Waals surface area contributed by atoms with E-state index in [9.17, 15) is 13.2 Å². The summed E-state index contributed by atoms with van der Waals surface area (Å²) in [4.78, 5) is 11.4. The van der Waals surface area contributed by atoms with Gasteiger partial charge in [0.1, 0.15) is 4.90 Å². The van der Waals surface area contributed by atoms with Gasteiger partial charge in [0.05, 0.1) is 0 Å². The van der Waals surface area contributed by atoms with E-state index in [1.807, 2.05) is 0 Å². The summed E-state index contributed by atoms with van der Waals surface area (Å²) < 4.78 is 36.6. The zero-order chi connectivity index (χ0) is 17.8. The van der Waals surface area contributed by atoms with E-state index in [4.69, 9.17) is 9.29 Å². The fourth-order valence-electron chi connectivity index (χ4n) is 2.50. The summed E-state index contributed by atoms with van der Waals surface area (Å²) in [5.74, 6) is -0.602. The molecule has 1 rings (SSSR count). The van der Waals surface area contributed by atoms with E-state index in [0.717, 1.165) is 19.3 Å². The average Bonchev–Trinajstić information content (AvgIpc) is 2.53. The Morgan fingerprint density at radius 1 is 0.960 bits per heavy atom. The van der Waals surface area contributed by atoms with Gasteiger partial charge in [0.2, 0.25) is 0 Å². The standard InChI is InChI=1S/C18H28O5S.Na.H/c1-2-3-4-5-6-7-8-9-10-15-18(19)23-16-13-11-12-14-17(16)24(20,21)22;;/h11-14H,2-10,15H2,1H3,(H,20,21,22);;. The number of para-hydroxylation sites is 1. The van der Waals surface area contributed by atoms with Crippen molar-refractivity contribution in [3.63, 3.8) is 0 Å². The van der Waals surface area contributed by atoms with Crippen molar-refractivity contribution in [1.82, 2.24) is 0 Å². The molecule has 0 aliphatic heterocycles. The van der Waals surface area contributed by atoms with Crippen LogP contribution >= 0.6 is 0 Å². The van der Waals surface area contributed by atoms with Gasteiger partial charge in [0.15, 0.2) is 5.75 Å². The third-order valence-corrected chi connectivity index (χ3v) is 4.73. The minimum absolute atomic E-state index is 0. The zero-order valence-electron chi connectivity index (χ0n) is 14.4. The van der Waals surface area contributed by atoms with Gasteiger partial charge < -0.3 is 4.74 Å². The molecule has 0 spiro atoms. The normalized spacial score (nSPS) is 11.0. The van der Waals surface area contributed by atoms with Gasteiger partial charge in [-0.3, -0.25) is 9.35 Å². The number of carbonyl (C=O) groups excluding carboxylic acids is 1. The van der Waals surface area contributed by atoms with Gasteiger partial charge in [-0.15, -0.1) is 0 Å². The van der Waals surface area contributed by atoms with Crippen LogP contribution < -0.4 is 4.74 Å². The molecule has 0 saturated heterocycles. The maximum absolute atomic E-state index is 11.8. The van der Waals surface area contributed by atoms with Crippen molar-refractivity contribution < 1.29 is 22.5 Å². The minimum atomic E-state index is -4.40. The first-order valence-corrected chi connectivity index (χ1v) is 10.2. The number of hydrogen-bond acceptors (Lipinski definition) is 4. The van der Waals surface area contributed by atoms with E-state index < -0.39 is 16.1 Å². The van der Waals surface area contributed by atoms with E-state index in [1.165, 1.54) is 56.7 Å². The Kier molecular flexibility index (Phi) is 13.5. The molecule has 0 fully saturated rings. The average molecular weight is 380 g/mol. The second-order valence-corrected chi connectivity index (χ2v) is 7.36. The predicted octanol–water partition coefficient (Wildman–Crippen LogP) is 4.11. The van der Waals surface area contributed by atoms with Crippen LogP contribution in [0.5, 0.6) is 5.75 Å². The Hall–Kier alpha value is -0.400. The molecule has 25 heavy (non-hydrogen) atoms. The van der Waals surface area contributed by atoms with E-state index >= 15 is 0 Å². The monoisotopic (exact) mass is 380 g/mol. The number of rotatable bonds is 12. The summed E-state index contributed by atoms with van der Waals surface area (Å²) in [6, 6.07) is 5.57. The van der Waals surface area contributed by atoms with Crippen LogP contribution in [0.1, 0.15) is 71.1 Å². The van der Waals surface area contributed by atoms with Crippen LogP contribution in [0.3, 0.4) is 0 Å². The number of esters is 1. The number of hydrogen-bond donors (Lipinski definition) is 1. The number of unbranched alkanes of at least 4 members (excludes halogenated alkanes) is 8. The maximum atomic E-state index is 11.8. The van der Waals surface area contributed by atoms with Crippen LogP contribution in [0.15, 0.2) is 29.2 Å². The van der Waals surface area contributed by atoms with Gasteiger partial charge in [0, 0.05) is 6.42 Å². The molecule has 7 heteroatoms. The van der Waals surface area contributed by atoms with Crippen LogP contribution in [0.2, 0.25) is 0 Å². The Morgan fingerprint density at radius 3 is 2.04 bits per heavy atom. The molecule has 0 amide bonds. The van der Waals surface area contributed by atoms with Crippen molar-refractivity contribution in [2.75, 3.05) is 0 Å². The van der Waals surface area contributed by atoms with Crippen LogP contribution in [-0.2, 0) is 14.9 Å². The second-order valence-electron chi connectivity index (χ2n) is 5.97. The first-order chi connectivity index (χ1) is 11.4. The Labute approximate surface area is 173 Å². The van der Waals surface area contributed by atoms with Crippen molar-refractivity contribution in [2.45, 2.75) is 76.0 Å². The summed E-state index contributed by atoms with van der Waals surface area (Å²) in [5.41, 5.74) is 0. The summed E-state index contributed by atoms with van der Waals surface area (Å²) in [7, 11) is -4.40. The van der Waals surface area contributed by atoms with Gasteiger partial charge in [-0.25, -0.2) is 0 Å². The molecule has 1 aromatic rings. The molecule has 0 aliphatic carbocycles. The molecule has 138 valence electrons. The van der Waals surface area contributed by atoms with Crippen molar-refractivity contribution >= 4 is 45.6 Å². The molecule has 0 heterocycles. The van der Waals surface area contributed by atoms with Crippen molar-refractivity contribution in [3.8, 4) is 5.75 Å². The molecule has 0 atom stereocenters. The molecule has 5 nitrogen and oxygen atoms in total. The van der Waals surface area contributed by atoms with Crippen LogP contribution in [0, 0.1) is 0 Å². The van der Waals surface area contributed by atoms with Gasteiger partial charge in [-0.1, -0.05) is 70.4 Å². The van der Waals surface area contributed by atoms with Crippen LogP contribution in [-0.4, -0.2) is 48.5 Å². The fraction of sp³-hybridized carbons (Fsp3) is 0.611. The van der Waals surface area contributed by atoms with Crippen molar-refractivity contribution in [3.05, 3.63) is 24.3 Å². The van der Waals surface area contributed by atoms with E-state index in [0.29, 0.717) is 0 Å². The summed E-state index contributed by atoms with van der Waals surface area (Å²) in [5, 5.41) is 0. The fourth-order valence-corrected chi connectivity index (χ4v) is 3.12. The Bertz CT molecular complexity index is 601. The van der Waals surface area contributed by atoms with Gasteiger partial charge >= 0.3 is 35.5 Å². The topological polar surface area (TPSA) is 80.7 Å². The molecular formula is C18H29NaO5S. The third-order valence-electron chi connectivity index (χ3n) is 3.84. The van der Waals surface area contributed by atoms with Crippen LogP contribution in [0.4, 0.5) is 0 Å². The first kappa shape index (κ1) is 24.6. The molecule has 0 radical (unpaired) electrons. The summed E-state index contributed by atoms with van der Waals surface area (Å²) in [6.07, 6.45) is 10.6. The Balaban J connectivity index is 0.00000576. The predicted molar refractivity (Wildman–Crippen MR) is 101 cm³/mol. The molecular weight excluding hydrogens is 351 g/mol. The van der Waals surface area contributed by atoms with Gasteiger partial charge in [-0.2, -0.15) is 8.42 Å². The molecule has 1 N–H and O–H groups in total. The second kappa shape index (κ2) is 13.8. The molecule has 1 aromatic carbocycles. The molecule has 0 aromatic heterocycles. The van der Waals surface area contributed by atoms with Crippen molar-refractivity contribution in [2.24, 2.45) is 0 Å². The van der Waals surface area contributed by atoms with Gasteiger partial charge in [0.25, 0.3) is 10.1 Å². The number of benzene rings is 1. The molecule has 0 unspecified atom stereocenters. The van der Waals surface area contributed by atoms with E-state index in [-0.39, 0.29) is 46.6 Å². The Morgan fingerprint density at radius 2 is 1.48 bits per heavy atom. The van der Waals surface area contributed by atoms with E-state index in [2.05, 4.69) is 6.92 Å². The first-order valence-electron chi connectivity index (χ1n) is 8.72. The SMILES string of the molecule is CCCCCCCCCCCC(=O)Oc1ccccc1S(=O)(=O)O.[NaH].